The zero-order chi connectivity index (χ0) is 16.6. The Morgan fingerprint density at radius 3 is 2.48 bits per heavy atom. The van der Waals surface area contributed by atoms with Crippen molar-refractivity contribution in [2.45, 2.75) is 12.3 Å². The van der Waals surface area contributed by atoms with Gasteiger partial charge >= 0.3 is 6.18 Å². The van der Waals surface area contributed by atoms with Crippen LogP contribution in [-0.4, -0.2) is 12.5 Å². The van der Waals surface area contributed by atoms with Crippen LogP contribution >= 0.6 is 0 Å². The predicted octanol–water partition coefficient (Wildman–Crippen LogP) is 3.35. The zero-order valence-electron chi connectivity index (χ0n) is 11.9. The molecule has 0 aliphatic carbocycles. The summed E-state index contributed by atoms with van der Waals surface area (Å²) >= 11 is 0. The van der Waals surface area contributed by atoms with Gasteiger partial charge in [-0.05, 0) is 29.8 Å². The monoisotopic (exact) mass is 322 g/mol. The fourth-order valence-electron chi connectivity index (χ4n) is 2.46. The molecule has 1 amide bonds. The van der Waals surface area contributed by atoms with Gasteiger partial charge in [0.25, 0.3) is 5.91 Å². The van der Waals surface area contributed by atoms with E-state index in [4.69, 9.17) is 10.5 Å². The van der Waals surface area contributed by atoms with E-state index in [2.05, 4.69) is 5.32 Å². The van der Waals surface area contributed by atoms with Crippen LogP contribution in [0, 0.1) is 0 Å². The normalized spacial score (nSPS) is 16.9. The summed E-state index contributed by atoms with van der Waals surface area (Å²) in [4.78, 5) is 11.5. The Balaban J connectivity index is 1.89. The van der Waals surface area contributed by atoms with Gasteiger partial charge in [0.2, 0.25) is 0 Å². The number of nitrogens with one attached hydrogen (secondary N) is 1. The van der Waals surface area contributed by atoms with Gasteiger partial charge in [0.15, 0.2) is 5.75 Å². The van der Waals surface area contributed by atoms with E-state index in [1.807, 2.05) is 0 Å². The van der Waals surface area contributed by atoms with Gasteiger partial charge in [-0.2, -0.15) is 13.2 Å². The SMILES string of the molecule is NC(=O)c1cccc2c1OC(c1ccc(C(F)(F)F)cc1)CN2. The maximum absolute atomic E-state index is 12.6. The number of hydrogen-bond donors (Lipinski definition) is 2. The number of fused-ring (bicyclic) bond motifs is 1. The first-order chi connectivity index (χ1) is 10.9. The average molecular weight is 322 g/mol. The summed E-state index contributed by atoms with van der Waals surface area (Å²) in [6.45, 7) is 0.376. The highest BCUT2D eigenvalue weighted by Gasteiger charge is 2.31. The molecule has 0 saturated heterocycles. The minimum Gasteiger partial charge on any atom is -0.481 e. The summed E-state index contributed by atoms with van der Waals surface area (Å²) in [5, 5.41) is 3.10. The molecule has 3 N–H and O–H groups in total. The Kier molecular flexibility index (Phi) is 3.63. The quantitative estimate of drug-likeness (QED) is 0.891. The topological polar surface area (TPSA) is 64.4 Å². The fraction of sp³-hybridized carbons (Fsp3) is 0.188. The van der Waals surface area contributed by atoms with Gasteiger partial charge in [0.1, 0.15) is 6.10 Å². The molecule has 0 bridgehead atoms. The molecule has 1 atom stereocenters. The van der Waals surface area contributed by atoms with Crippen LogP contribution in [0.15, 0.2) is 42.5 Å². The first-order valence-corrected chi connectivity index (χ1v) is 6.87. The molecule has 1 aliphatic rings. The van der Waals surface area contributed by atoms with Crippen LogP contribution in [-0.2, 0) is 6.18 Å². The van der Waals surface area contributed by atoms with Crippen molar-refractivity contribution in [3.63, 3.8) is 0 Å². The Morgan fingerprint density at radius 2 is 1.87 bits per heavy atom. The first kappa shape index (κ1) is 15.2. The van der Waals surface area contributed by atoms with Crippen molar-refractivity contribution in [3.8, 4) is 5.75 Å². The van der Waals surface area contributed by atoms with E-state index >= 15 is 0 Å². The lowest BCUT2D eigenvalue weighted by Crippen LogP contribution is -2.26. The van der Waals surface area contributed by atoms with Crippen LogP contribution in [0.3, 0.4) is 0 Å². The lowest BCUT2D eigenvalue weighted by molar-refractivity contribution is -0.137. The molecule has 1 heterocycles. The van der Waals surface area contributed by atoms with Crippen molar-refractivity contribution in [1.29, 1.82) is 0 Å². The van der Waals surface area contributed by atoms with E-state index in [0.29, 0.717) is 23.5 Å². The summed E-state index contributed by atoms with van der Waals surface area (Å²) in [6, 6.07) is 9.71. The molecule has 2 aromatic carbocycles. The number of para-hydroxylation sites is 1. The molecule has 0 saturated carbocycles. The van der Waals surface area contributed by atoms with Crippen molar-refractivity contribution in [3.05, 3.63) is 59.2 Å². The van der Waals surface area contributed by atoms with Crippen LogP contribution < -0.4 is 15.8 Å². The second-order valence-electron chi connectivity index (χ2n) is 5.15. The Bertz CT molecular complexity index is 742. The number of ether oxygens (including phenoxy) is 1. The third kappa shape index (κ3) is 2.94. The van der Waals surface area contributed by atoms with Gasteiger partial charge in [-0.1, -0.05) is 18.2 Å². The number of halogens is 3. The van der Waals surface area contributed by atoms with E-state index in [1.165, 1.54) is 18.2 Å². The Labute approximate surface area is 130 Å². The molecule has 23 heavy (non-hydrogen) atoms. The van der Waals surface area contributed by atoms with Crippen molar-refractivity contribution >= 4 is 11.6 Å². The number of carbonyl (C=O) groups is 1. The number of amides is 1. The largest absolute Gasteiger partial charge is 0.481 e. The Hall–Kier alpha value is -2.70. The first-order valence-electron chi connectivity index (χ1n) is 6.87. The highest BCUT2D eigenvalue weighted by atomic mass is 19.4. The van der Waals surface area contributed by atoms with Crippen LogP contribution in [0.25, 0.3) is 0 Å². The number of primary amides is 1. The van der Waals surface area contributed by atoms with Crippen molar-refractivity contribution in [2.24, 2.45) is 5.73 Å². The summed E-state index contributed by atoms with van der Waals surface area (Å²) < 4.78 is 43.6. The summed E-state index contributed by atoms with van der Waals surface area (Å²) in [5.41, 5.74) is 6.04. The van der Waals surface area contributed by atoms with Gasteiger partial charge in [0, 0.05) is 0 Å². The van der Waals surface area contributed by atoms with Gasteiger partial charge in [-0.25, -0.2) is 0 Å². The van der Waals surface area contributed by atoms with Crippen molar-refractivity contribution in [2.75, 3.05) is 11.9 Å². The maximum Gasteiger partial charge on any atom is 0.416 e. The number of nitrogens with two attached hydrogens (primary N) is 1. The van der Waals surface area contributed by atoms with Crippen molar-refractivity contribution in [1.82, 2.24) is 0 Å². The number of alkyl halides is 3. The minimum absolute atomic E-state index is 0.228. The fourth-order valence-corrected chi connectivity index (χ4v) is 2.46. The Morgan fingerprint density at radius 1 is 1.17 bits per heavy atom. The second kappa shape index (κ2) is 5.49. The molecule has 0 fully saturated rings. The van der Waals surface area contributed by atoms with Gasteiger partial charge < -0.3 is 15.8 Å². The third-order valence-electron chi connectivity index (χ3n) is 3.63. The van der Waals surface area contributed by atoms with Gasteiger partial charge in [-0.3, -0.25) is 4.79 Å². The van der Waals surface area contributed by atoms with Crippen LogP contribution in [0.5, 0.6) is 5.75 Å². The average Bonchev–Trinajstić information content (AvgIpc) is 2.53. The molecule has 1 aliphatic heterocycles. The number of rotatable bonds is 2. The summed E-state index contributed by atoms with van der Waals surface area (Å²) in [5.74, 6) is -0.312. The highest BCUT2D eigenvalue weighted by Crippen LogP contribution is 2.37. The van der Waals surface area contributed by atoms with Crippen LogP contribution in [0.2, 0.25) is 0 Å². The third-order valence-corrected chi connectivity index (χ3v) is 3.63. The molecule has 7 heteroatoms. The molecular formula is C16H13F3N2O2. The minimum atomic E-state index is -4.38. The van der Waals surface area contributed by atoms with E-state index in [1.54, 1.807) is 12.1 Å². The lowest BCUT2D eigenvalue weighted by atomic mass is 10.0. The predicted molar refractivity (Wildman–Crippen MR) is 78.3 cm³/mol. The molecule has 0 aromatic heterocycles. The maximum atomic E-state index is 12.6. The molecule has 1 unspecified atom stereocenters. The molecular weight excluding hydrogens is 309 g/mol. The van der Waals surface area contributed by atoms with Crippen LogP contribution in [0.1, 0.15) is 27.6 Å². The molecule has 0 radical (unpaired) electrons. The summed E-state index contributed by atoms with van der Waals surface area (Å²) in [6.07, 6.45) is -4.89. The number of carbonyl (C=O) groups excluding carboxylic acids is 1. The van der Waals surface area contributed by atoms with Gasteiger partial charge in [-0.15, -0.1) is 0 Å². The molecule has 120 valence electrons. The van der Waals surface area contributed by atoms with E-state index in [9.17, 15) is 18.0 Å². The standard InChI is InChI=1S/C16H13F3N2O2/c17-16(18,19)10-6-4-9(5-7-10)13-8-21-12-3-1-2-11(15(20)22)14(12)23-13/h1-7,13,21H,8H2,(H2,20,22). The molecule has 2 aromatic rings. The highest BCUT2D eigenvalue weighted by molar-refractivity contribution is 5.97. The zero-order valence-corrected chi connectivity index (χ0v) is 11.9. The molecule has 0 spiro atoms. The summed E-state index contributed by atoms with van der Waals surface area (Å²) in [7, 11) is 0. The lowest BCUT2D eigenvalue weighted by Gasteiger charge is -2.29. The second-order valence-corrected chi connectivity index (χ2v) is 5.15. The van der Waals surface area contributed by atoms with Gasteiger partial charge in [0.05, 0.1) is 23.4 Å². The molecule has 4 nitrogen and oxygen atoms in total. The van der Waals surface area contributed by atoms with Crippen molar-refractivity contribution < 1.29 is 22.7 Å². The van der Waals surface area contributed by atoms with E-state index in [0.717, 1.165) is 12.1 Å². The smallest absolute Gasteiger partial charge is 0.416 e. The van der Waals surface area contributed by atoms with E-state index in [-0.39, 0.29) is 5.56 Å². The number of hydrogen-bond acceptors (Lipinski definition) is 3. The number of anilines is 1. The van der Waals surface area contributed by atoms with Crippen LogP contribution in [0.4, 0.5) is 18.9 Å². The van der Waals surface area contributed by atoms with E-state index < -0.39 is 23.8 Å². The molecule has 3 rings (SSSR count). The number of benzene rings is 2.